The molecule has 22 aromatic rings. The van der Waals surface area contributed by atoms with Crippen molar-refractivity contribution in [2.45, 2.75) is 0 Å². The lowest BCUT2D eigenvalue weighted by molar-refractivity contribution is 0.426. The first-order valence-corrected chi connectivity index (χ1v) is 46.0. The van der Waals surface area contributed by atoms with Gasteiger partial charge >= 0.3 is 7.12 Å². The second kappa shape index (κ2) is 40.9. The lowest BCUT2D eigenvalue weighted by Crippen LogP contribution is -2.29. The van der Waals surface area contributed by atoms with Gasteiger partial charge in [0.25, 0.3) is 0 Å². The molecular formula is C116H80BBr4ClN6O2. The molecule has 2 N–H and O–H groups in total. The predicted molar refractivity (Wildman–Crippen MR) is 557 cm³/mol. The van der Waals surface area contributed by atoms with Crippen molar-refractivity contribution in [3.8, 4) is 134 Å². The molecule has 0 saturated heterocycles. The van der Waals surface area contributed by atoms with Crippen LogP contribution in [0.2, 0.25) is 5.28 Å². The Bertz CT molecular complexity index is 7400. The molecule has 14 heteroatoms. The van der Waals surface area contributed by atoms with Crippen LogP contribution < -0.4 is 5.46 Å². The largest absolute Gasteiger partial charge is 0.488 e. The van der Waals surface area contributed by atoms with Crippen LogP contribution in [0.15, 0.2) is 491 Å². The Morgan fingerprint density at radius 1 is 0.215 bits per heavy atom. The fourth-order valence-corrected chi connectivity index (χ4v) is 19.4. The van der Waals surface area contributed by atoms with Gasteiger partial charge in [-0.25, -0.2) is 19.9 Å². The first-order chi connectivity index (χ1) is 63.8. The minimum atomic E-state index is -1.48. The van der Waals surface area contributed by atoms with Crippen molar-refractivity contribution in [3.63, 3.8) is 0 Å². The maximum atomic E-state index is 9.52. The fourth-order valence-electron chi connectivity index (χ4n) is 16.3. The van der Waals surface area contributed by atoms with Gasteiger partial charge in [0, 0.05) is 68.6 Å². The van der Waals surface area contributed by atoms with E-state index >= 15 is 0 Å². The Morgan fingerprint density at radius 3 is 0.831 bits per heavy atom. The standard InChI is InChI=1S/C52H34N4.C22H15ClN2.C18H15BO2.C18H13Br.C6H3Br3/c1-4-14-35(15-5-1)39-30-40(36-16-6-2-7-17-36)32-41(31-39)47-28-29-53-52(54-47)56-49-23-13-11-21-44(49)46-34-38(25-27-51(46)56)37-24-26-50-45(33-37)43-20-10-12-22-48(43)55(50)42-18-8-3-9-19-42;23-22-24-12-11-21(25-22)20-14-18(16-7-3-1-4-8-16)13-19(15-20)17-9-5-2-6-10-17;20-19(21)18-12-16(14-7-3-1-4-8-14)11-17(13-18)15-9-5-2-6-10-15;19-18-12-16(14-7-3-1-4-8-14)11-17(13-18)15-9-5-2-6-10-15;7-4-1-5(8)3-6(9)2-4/h1-34H;1-15H;1-13,20-21H;1-13H;1-3H. The van der Waals surface area contributed by atoms with E-state index in [1.165, 1.54) is 77.4 Å². The highest BCUT2D eigenvalue weighted by Gasteiger charge is 2.21. The van der Waals surface area contributed by atoms with Gasteiger partial charge < -0.3 is 14.6 Å². The second-order valence-electron chi connectivity index (χ2n) is 31.0. The van der Waals surface area contributed by atoms with Crippen molar-refractivity contribution in [1.82, 2.24) is 29.1 Å². The Balaban J connectivity index is 0.000000126. The van der Waals surface area contributed by atoms with Crippen LogP contribution in [-0.2, 0) is 0 Å². The summed E-state index contributed by atoms with van der Waals surface area (Å²) in [5.41, 5.74) is 30.5. The first-order valence-electron chi connectivity index (χ1n) is 42.4. The zero-order valence-corrected chi connectivity index (χ0v) is 77.2. The van der Waals surface area contributed by atoms with Crippen LogP contribution in [0.25, 0.3) is 178 Å². The van der Waals surface area contributed by atoms with Crippen molar-refractivity contribution in [1.29, 1.82) is 0 Å². The van der Waals surface area contributed by atoms with Crippen molar-refractivity contribution < 1.29 is 10.0 Å². The molecule has 0 aliphatic rings. The molecule has 130 heavy (non-hydrogen) atoms. The van der Waals surface area contributed by atoms with Crippen LogP contribution in [-0.4, -0.2) is 46.2 Å². The summed E-state index contributed by atoms with van der Waals surface area (Å²) in [5.74, 6) is 0.642. The van der Waals surface area contributed by atoms with Gasteiger partial charge in [-0.1, -0.05) is 385 Å². The normalized spacial score (nSPS) is 10.9. The number of benzene rings is 18. The summed E-state index contributed by atoms with van der Waals surface area (Å²) < 4.78 is 8.89. The van der Waals surface area contributed by atoms with E-state index in [0.717, 1.165) is 112 Å². The van der Waals surface area contributed by atoms with E-state index in [4.69, 9.17) is 21.6 Å². The third-order valence-electron chi connectivity index (χ3n) is 22.5. The van der Waals surface area contributed by atoms with Gasteiger partial charge in [-0.2, -0.15) is 0 Å². The Hall–Kier alpha value is -14.1. The number of halogens is 5. The zero-order valence-electron chi connectivity index (χ0n) is 70.1. The topological polar surface area (TPSA) is 102 Å². The smallest absolute Gasteiger partial charge is 0.423 e. The molecule has 0 aliphatic carbocycles. The third kappa shape index (κ3) is 20.5. The van der Waals surface area contributed by atoms with E-state index in [-0.39, 0.29) is 5.28 Å². The predicted octanol–water partition coefficient (Wildman–Crippen LogP) is 31.9. The number of rotatable bonds is 14. The number of para-hydroxylation sites is 3. The maximum Gasteiger partial charge on any atom is 0.488 e. The van der Waals surface area contributed by atoms with E-state index < -0.39 is 7.12 Å². The van der Waals surface area contributed by atoms with Gasteiger partial charge in [0.15, 0.2) is 0 Å². The molecule has 18 aromatic carbocycles. The number of fused-ring (bicyclic) bond motifs is 6. The van der Waals surface area contributed by atoms with Crippen molar-refractivity contribution in [2.75, 3.05) is 0 Å². The quantitative estimate of drug-likeness (QED) is 0.0831. The zero-order chi connectivity index (χ0) is 88.7. The molecule has 0 unspecified atom stereocenters. The van der Waals surface area contributed by atoms with Gasteiger partial charge in [0.2, 0.25) is 11.2 Å². The molecule has 0 radical (unpaired) electrons. The van der Waals surface area contributed by atoms with Crippen LogP contribution in [0.3, 0.4) is 0 Å². The molecule has 0 aliphatic heterocycles. The number of aromatic nitrogens is 6. The molecule has 4 heterocycles. The number of nitrogens with zero attached hydrogens (tertiary/aromatic N) is 6. The molecule has 8 nitrogen and oxygen atoms in total. The lowest BCUT2D eigenvalue weighted by Gasteiger charge is -2.12. The summed E-state index contributed by atoms with van der Waals surface area (Å²) in [6.45, 7) is 0. The Morgan fingerprint density at radius 2 is 0.485 bits per heavy atom. The first kappa shape index (κ1) is 86.6. The summed E-state index contributed by atoms with van der Waals surface area (Å²) in [6, 6.07) is 159. The minimum absolute atomic E-state index is 0.254. The van der Waals surface area contributed by atoms with E-state index in [9.17, 15) is 10.0 Å². The van der Waals surface area contributed by atoms with Crippen LogP contribution in [0.5, 0.6) is 0 Å². The van der Waals surface area contributed by atoms with Gasteiger partial charge in [0.05, 0.1) is 33.5 Å². The number of hydrogen-bond acceptors (Lipinski definition) is 6. The average molecular weight is 1960 g/mol. The fraction of sp³-hybridized carbons (Fsp3) is 0. The highest BCUT2D eigenvalue weighted by molar-refractivity contribution is 9.11. The maximum absolute atomic E-state index is 9.52. The van der Waals surface area contributed by atoms with Gasteiger partial charge in [-0.15, -0.1) is 0 Å². The highest BCUT2D eigenvalue weighted by atomic mass is 79.9. The SMILES string of the molecule is Brc1cc(-c2ccccc2)cc(-c2ccccc2)c1.Brc1cc(Br)cc(Br)c1.Clc1nccc(-c2cc(-c3ccccc3)cc(-c3ccccc3)c2)n1.OB(O)c1cc(-c2ccccc2)cc(-c2ccccc2)c1.c1ccc(-c2cc(-c3ccccc3)cc(-c3ccnc(-n4c5ccccc5c5cc(-c6ccc7c(c6)c6ccccc6n7-c6ccccc6)ccc54)n3)c2)cc1. The van der Waals surface area contributed by atoms with Gasteiger partial charge in [-0.3, -0.25) is 4.57 Å². The average Bonchev–Trinajstić information content (AvgIpc) is 1.58. The molecular weight excluding hydrogens is 1880 g/mol. The van der Waals surface area contributed by atoms with Crippen LogP contribution in [0.1, 0.15) is 0 Å². The molecule has 4 aromatic heterocycles. The molecule has 0 fully saturated rings. The van der Waals surface area contributed by atoms with E-state index in [1.807, 2.05) is 158 Å². The third-order valence-corrected chi connectivity index (χ3v) is 24.5. The molecule has 0 amide bonds. The summed E-state index contributed by atoms with van der Waals surface area (Å²) in [5, 5.41) is 24.1. The monoisotopic (exact) mass is 1950 g/mol. The summed E-state index contributed by atoms with van der Waals surface area (Å²) in [4.78, 5) is 18.5. The van der Waals surface area contributed by atoms with Crippen LogP contribution in [0, 0.1) is 0 Å². The molecule has 22 rings (SSSR count). The minimum Gasteiger partial charge on any atom is -0.423 e. The van der Waals surface area contributed by atoms with E-state index in [1.54, 1.807) is 6.20 Å². The van der Waals surface area contributed by atoms with E-state index in [0.29, 0.717) is 11.4 Å². The molecule has 0 saturated carbocycles. The van der Waals surface area contributed by atoms with E-state index in [2.05, 4.69) is 392 Å². The Kier molecular flexibility index (Phi) is 27.3. The molecule has 0 bridgehead atoms. The summed E-state index contributed by atoms with van der Waals surface area (Å²) >= 11 is 19.7. The van der Waals surface area contributed by atoms with Crippen LogP contribution >= 0.6 is 75.3 Å². The summed E-state index contributed by atoms with van der Waals surface area (Å²) in [6.07, 6.45) is 3.56. The number of hydrogen-bond donors (Lipinski definition) is 2. The highest BCUT2D eigenvalue weighted by Crippen LogP contribution is 2.42. The lowest BCUT2D eigenvalue weighted by atomic mass is 9.77. The van der Waals surface area contributed by atoms with Gasteiger partial charge in [0.1, 0.15) is 0 Å². The molecule has 0 atom stereocenters. The second-order valence-corrected chi connectivity index (χ2v) is 35.0. The summed E-state index contributed by atoms with van der Waals surface area (Å²) in [7, 11) is -1.48. The molecule has 624 valence electrons. The van der Waals surface area contributed by atoms with Crippen LogP contribution in [0.4, 0.5) is 0 Å². The van der Waals surface area contributed by atoms with Crippen molar-refractivity contribution in [2.24, 2.45) is 0 Å². The van der Waals surface area contributed by atoms with Crippen molar-refractivity contribution >= 4 is 132 Å². The van der Waals surface area contributed by atoms with Gasteiger partial charge in [-0.05, 0) is 257 Å². The molecule has 0 spiro atoms. The van der Waals surface area contributed by atoms with Crippen molar-refractivity contribution in [3.05, 3.63) is 497 Å². The Labute approximate surface area is 794 Å².